The molecule has 0 saturated carbocycles. The molecule has 1 saturated heterocycles. The first-order valence-electron chi connectivity index (χ1n) is 8.43. The Kier molecular flexibility index (Phi) is 5.78. The lowest BCUT2D eigenvalue weighted by Gasteiger charge is -2.35. The van der Waals surface area contributed by atoms with Crippen LogP contribution in [-0.2, 0) is 4.74 Å². The van der Waals surface area contributed by atoms with Gasteiger partial charge in [0.15, 0.2) is 0 Å². The highest BCUT2D eigenvalue weighted by Crippen LogP contribution is 2.21. The summed E-state index contributed by atoms with van der Waals surface area (Å²) >= 11 is 0. The number of morpholine rings is 1. The first-order valence-corrected chi connectivity index (χ1v) is 8.43. The van der Waals surface area contributed by atoms with Crippen LogP contribution in [0.4, 0.5) is 0 Å². The number of nitrogens with zero attached hydrogens (tertiary/aromatic N) is 2. The second-order valence-corrected chi connectivity index (χ2v) is 5.98. The molecule has 1 aliphatic rings. The van der Waals surface area contributed by atoms with Crippen LogP contribution in [0.3, 0.4) is 0 Å². The molecule has 25 heavy (non-hydrogen) atoms. The zero-order valence-corrected chi connectivity index (χ0v) is 14.0. The van der Waals surface area contributed by atoms with Crippen molar-refractivity contribution in [1.82, 2.24) is 10.2 Å². The summed E-state index contributed by atoms with van der Waals surface area (Å²) in [4.78, 5) is 14.8. The minimum absolute atomic E-state index is 0.105. The molecule has 1 N–H and O–H groups in total. The largest absolute Gasteiger partial charge is 0.379 e. The quantitative estimate of drug-likeness (QED) is 0.911. The van der Waals surface area contributed by atoms with Crippen LogP contribution in [0.1, 0.15) is 27.5 Å². The van der Waals surface area contributed by atoms with E-state index in [-0.39, 0.29) is 11.9 Å². The topological polar surface area (TPSA) is 65.4 Å². The maximum Gasteiger partial charge on any atom is 0.251 e. The maximum atomic E-state index is 12.5. The molecule has 3 rings (SSSR count). The second-order valence-electron chi connectivity index (χ2n) is 5.98. The summed E-state index contributed by atoms with van der Waals surface area (Å²) in [5, 5.41) is 12.0. The van der Waals surface area contributed by atoms with Crippen LogP contribution in [0.15, 0.2) is 54.6 Å². The fourth-order valence-corrected chi connectivity index (χ4v) is 3.04. The minimum atomic E-state index is -0.161. The standard InChI is InChI=1S/C20H21N3O2/c21-14-16-5-4-8-18(13-16)20(24)22-15-19(17-6-2-1-3-7-17)23-9-11-25-12-10-23/h1-8,13,19H,9-12,15H2,(H,22,24). The van der Waals surface area contributed by atoms with Crippen LogP contribution in [0.5, 0.6) is 0 Å². The third-order valence-electron chi connectivity index (χ3n) is 4.38. The van der Waals surface area contributed by atoms with Gasteiger partial charge in [-0.15, -0.1) is 0 Å². The summed E-state index contributed by atoms with van der Waals surface area (Å²) in [6, 6.07) is 19.1. The number of benzene rings is 2. The predicted octanol–water partition coefficient (Wildman–Crippen LogP) is 2.36. The van der Waals surface area contributed by atoms with Crippen molar-refractivity contribution in [3.8, 4) is 6.07 Å². The first kappa shape index (κ1) is 17.2. The zero-order chi connectivity index (χ0) is 17.5. The lowest BCUT2D eigenvalue weighted by Crippen LogP contribution is -2.43. The molecule has 1 fully saturated rings. The van der Waals surface area contributed by atoms with Gasteiger partial charge in [-0.2, -0.15) is 5.26 Å². The highest BCUT2D eigenvalue weighted by atomic mass is 16.5. The van der Waals surface area contributed by atoms with Gasteiger partial charge < -0.3 is 10.1 Å². The normalized spacial score (nSPS) is 16.0. The van der Waals surface area contributed by atoms with Crippen molar-refractivity contribution < 1.29 is 9.53 Å². The van der Waals surface area contributed by atoms with Gasteiger partial charge in [0.2, 0.25) is 0 Å². The van der Waals surface area contributed by atoms with Gasteiger partial charge in [-0.1, -0.05) is 36.4 Å². The van der Waals surface area contributed by atoms with E-state index in [9.17, 15) is 4.79 Å². The molecule has 2 aromatic carbocycles. The molecule has 0 radical (unpaired) electrons. The summed E-state index contributed by atoms with van der Waals surface area (Å²) in [7, 11) is 0. The van der Waals surface area contributed by atoms with Crippen molar-refractivity contribution >= 4 is 5.91 Å². The molecular weight excluding hydrogens is 314 g/mol. The molecule has 0 bridgehead atoms. The fourth-order valence-electron chi connectivity index (χ4n) is 3.04. The molecule has 1 unspecified atom stereocenters. The Labute approximate surface area is 147 Å². The Bertz CT molecular complexity index is 749. The number of carbonyl (C=O) groups excluding carboxylic acids is 1. The van der Waals surface area contributed by atoms with Crippen molar-refractivity contribution in [1.29, 1.82) is 5.26 Å². The van der Waals surface area contributed by atoms with Gasteiger partial charge in [0.1, 0.15) is 0 Å². The predicted molar refractivity (Wildman–Crippen MR) is 95.1 cm³/mol. The molecular formula is C20H21N3O2. The Morgan fingerprint density at radius 2 is 1.92 bits per heavy atom. The van der Waals surface area contributed by atoms with E-state index in [1.165, 1.54) is 5.56 Å². The van der Waals surface area contributed by atoms with E-state index in [1.54, 1.807) is 24.3 Å². The molecule has 0 aromatic heterocycles. The second kappa shape index (κ2) is 8.43. The highest BCUT2D eigenvalue weighted by Gasteiger charge is 2.23. The van der Waals surface area contributed by atoms with Crippen LogP contribution in [0.2, 0.25) is 0 Å². The molecule has 1 aliphatic heterocycles. The highest BCUT2D eigenvalue weighted by molar-refractivity contribution is 5.94. The van der Waals surface area contributed by atoms with Gasteiger partial charge in [-0.3, -0.25) is 9.69 Å². The average Bonchev–Trinajstić information content (AvgIpc) is 2.69. The van der Waals surface area contributed by atoms with Gasteiger partial charge in [-0.25, -0.2) is 0 Å². The Hall–Kier alpha value is -2.68. The van der Waals surface area contributed by atoms with Crippen LogP contribution in [-0.4, -0.2) is 43.7 Å². The number of hydrogen-bond donors (Lipinski definition) is 1. The SMILES string of the molecule is N#Cc1cccc(C(=O)NCC(c2ccccc2)N2CCOCC2)c1. The number of nitriles is 1. The number of amides is 1. The van der Waals surface area contributed by atoms with Crippen molar-refractivity contribution in [3.63, 3.8) is 0 Å². The molecule has 128 valence electrons. The van der Waals surface area contributed by atoms with E-state index in [1.807, 2.05) is 18.2 Å². The zero-order valence-electron chi connectivity index (χ0n) is 14.0. The van der Waals surface area contributed by atoms with E-state index in [0.29, 0.717) is 30.9 Å². The average molecular weight is 335 g/mol. The number of ether oxygens (including phenoxy) is 1. The Morgan fingerprint density at radius 1 is 1.16 bits per heavy atom. The van der Waals surface area contributed by atoms with E-state index in [4.69, 9.17) is 10.00 Å². The van der Waals surface area contributed by atoms with Crippen LogP contribution < -0.4 is 5.32 Å². The molecule has 2 aromatic rings. The number of nitrogens with one attached hydrogen (secondary N) is 1. The van der Waals surface area contributed by atoms with Crippen molar-refractivity contribution in [2.45, 2.75) is 6.04 Å². The summed E-state index contributed by atoms with van der Waals surface area (Å²) in [5.74, 6) is -0.161. The van der Waals surface area contributed by atoms with Gasteiger partial charge in [0, 0.05) is 25.2 Å². The number of carbonyl (C=O) groups is 1. The van der Waals surface area contributed by atoms with E-state index in [2.05, 4.69) is 28.4 Å². The number of hydrogen-bond acceptors (Lipinski definition) is 4. The molecule has 5 heteroatoms. The molecule has 1 atom stereocenters. The summed E-state index contributed by atoms with van der Waals surface area (Å²) in [5.41, 5.74) is 2.17. The maximum absolute atomic E-state index is 12.5. The van der Waals surface area contributed by atoms with Crippen LogP contribution in [0, 0.1) is 11.3 Å². The minimum Gasteiger partial charge on any atom is -0.379 e. The van der Waals surface area contributed by atoms with Crippen molar-refractivity contribution in [2.24, 2.45) is 0 Å². The van der Waals surface area contributed by atoms with Crippen molar-refractivity contribution in [3.05, 3.63) is 71.3 Å². The molecule has 5 nitrogen and oxygen atoms in total. The lowest BCUT2D eigenvalue weighted by atomic mass is 10.0. The van der Waals surface area contributed by atoms with Crippen LogP contribution in [0.25, 0.3) is 0 Å². The van der Waals surface area contributed by atoms with E-state index in [0.717, 1.165) is 13.1 Å². The van der Waals surface area contributed by atoms with Crippen molar-refractivity contribution in [2.75, 3.05) is 32.8 Å². The van der Waals surface area contributed by atoms with Gasteiger partial charge in [0.25, 0.3) is 5.91 Å². The van der Waals surface area contributed by atoms with Crippen LogP contribution >= 0.6 is 0 Å². The first-order chi connectivity index (χ1) is 12.3. The van der Waals surface area contributed by atoms with Gasteiger partial charge in [0.05, 0.1) is 30.9 Å². The summed E-state index contributed by atoms with van der Waals surface area (Å²) in [6.45, 7) is 3.63. The van der Waals surface area contributed by atoms with E-state index < -0.39 is 0 Å². The summed E-state index contributed by atoms with van der Waals surface area (Å²) in [6.07, 6.45) is 0. The van der Waals surface area contributed by atoms with E-state index >= 15 is 0 Å². The third-order valence-corrected chi connectivity index (χ3v) is 4.38. The monoisotopic (exact) mass is 335 g/mol. The lowest BCUT2D eigenvalue weighted by molar-refractivity contribution is 0.0162. The Balaban J connectivity index is 1.71. The summed E-state index contributed by atoms with van der Waals surface area (Å²) < 4.78 is 5.45. The molecule has 0 spiro atoms. The van der Waals surface area contributed by atoms with Gasteiger partial charge >= 0.3 is 0 Å². The molecule has 1 heterocycles. The van der Waals surface area contributed by atoms with Gasteiger partial charge in [-0.05, 0) is 23.8 Å². The smallest absolute Gasteiger partial charge is 0.251 e. The Morgan fingerprint density at radius 3 is 2.64 bits per heavy atom. The molecule has 1 amide bonds. The molecule has 0 aliphatic carbocycles. The third kappa shape index (κ3) is 4.44. The number of rotatable bonds is 5. The fraction of sp³-hybridized carbons (Fsp3) is 0.300.